The van der Waals surface area contributed by atoms with E-state index in [9.17, 15) is 9.59 Å². The lowest BCUT2D eigenvalue weighted by Gasteiger charge is -2.27. The summed E-state index contributed by atoms with van der Waals surface area (Å²) in [5.74, 6) is -0.287. The number of amides is 2. The van der Waals surface area contributed by atoms with Crippen LogP contribution in [0.4, 0.5) is 5.69 Å². The molecular weight excluding hydrogens is 380 g/mol. The van der Waals surface area contributed by atoms with E-state index in [0.29, 0.717) is 5.92 Å². The number of nitrogens with one attached hydrogen (secondary N) is 2. The van der Waals surface area contributed by atoms with Crippen molar-refractivity contribution in [3.8, 4) is 0 Å². The van der Waals surface area contributed by atoms with Crippen LogP contribution >= 0.6 is 11.3 Å². The zero-order valence-electron chi connectivity index (χ0n) is 16.5. The van der Waals surface area contributed by atoms with Crippen LogP contribution in [0.3, 0.4) is 0 Å². The lowest BCUT2D eigenvalue weighted by Crippen LogP contribution is -2.37. The molecule has 0 radical (unpaired) electrons. The van der Waals surface area contributed by atoms with Crippen molar-refractivity contribution in [2.45, 2.75) is 38.1 Å². The normalized spacial score (nSPS) is 16.8. The molecule has 2 amide bonds. The predicted octanol–water partition coefficient (Wildman–Crippen LogP) is 5.20. The van der Waals surface area contributed by atoms with Crippen LogP contribution in [0.1, 0.15) is 59.7 Å². The Labute approximate surface area is 175 Å². The molecule has 2 atom stereocenters. The number of para-hydroxylation sites is 1. The minimum atomic E-state index is -0.489. The van der Waals surface area contributed by atoms with Crippen molar-refractivity contribution in [3.63, 3.8) is 0 Å². The van der Waals surface area contributed by atoms with Crippen LogP contribution in [0.5, 0.6) is 0 Å². The number of carbonyl (C=O) groups is 2. The van der Waals surface area contributed by atoms with Gasteiger partial charge in [-0.3, -0.25) is 9.59 Å². The van der Waals surface area contributed by atoms with E-state index in [1.54, 1.807) is 11.3 Å². The predicted molar refractivity (Wildman–Crippen MR) is 117 cm³/mol. The first-order chi connectivity index (χ1) is 14.0. The summed E-state index contributed by atoms with van der Waals surface area (Å²) in [5, 5.41) is 8.08. The van der Waals surface area contributed by atoms with Gasteiger partial charge in [-0.15, -0.1) is 11.3 Å². The van der Waals surface area contributed by atoms with Crippen LogP contribution in [0.2, 0.25) is 0 Å². The molecule has 29 heavy (non-hydrogen) atoms. The van der Waals surface area contributed by atoms with Crippen molar-refractivity contribution >= 4 is 28.8 Å². The third-order valence-corrected chi connectivity index (χ3v) is 6.30. The number of carbonyl (C=O) groups excluding carboxylic acids is 2. The Bertz CT molecular complexity index is 1010. The highest BCUT2D eigenvalue weighted by Crippen LogP contribution is 2.34. The van der Waals surface area contributed by atoms with Crippen molar-refractivity contribution in [3.05, 3.63) is 87.6 Å². The molecule has 0 unspecified atom stereocenters. The average molecular weight is 405 g/mol. The van der Waals surface area contributed by atoms with Gasteiger partial charge in [-0.1, -0.05) is 62.4 Å². The van der Waals surface area contributed by atoms with Gasteiger partial charge < -0.3 is 10.6 Å². The van der Waals surface area contributed by atoms with E-state index in [1.165, 1.54) is 5.56 Å². The number of fused-ring (bicyclic) bond motifs is 1. The third kappa shape index (κ3) is 4.10. The van der Waals surface area contributed by atoms with Gasteiger partial charge in [-0.25, -0.2) is 0 Å². The van der Waals surface area contributed by atoms with Crippen LogP contribution < -0.4 is 10.6 Å². The van der Waals surface area contributed by atoms with Gasteiger partial charge in [-0.2, -0.15) is 0 Å². The lowest BCUT2D eigenvalue weighted by atomic mass is 9.89. The minimum absolute atomic E-state index is 0.126. The van der Waals surface area contributed by atoms with Crippen molar-refractivity contribution in [1.29, 1.82) is 0 Å². The summed E-state index contributed by atoms with van der Waals surface area (Å²) in [5.41, 5.74) is 3.89. The fourth-order valence-electron chi connectivity index (χ4n) is 3.74. The zero-order valence-corrected chi connectivity index (χ0v) is 17.3. The second kappa shape index (κ2) is 8.21. The number of hydrogen-bond donors (Lipinski definition) is 2. The zero-order chi connectivity index (χ0) is 20.4. The largest absolute Gasteiger partial charge is 0.344 e. The van der Waals surface area contributed by atoms with E-state index in [1.807, 2.05) is 41.8 Å². The van der Waals surface area contributed by atoms with Gasteiger partial charge in [0.1, 0.15) is 0 Å². The first-order valence-corrected chi connectivity index (χ1v) is 10.7. The van der Waals surface area contributed by atoms with E-state index in [0.717, 1.165) is 21.7 Å². The molecule has 3 aromatic rings. The topological polar surface area (TPSA) is 58.2 Å². The first-order valence-electron chi connectivity index (χ1n) is 9.85. The minimum Gasteiger partial charge on any atom is -0.344 e. The Hall–Kier alpha value is -2.92. The average Bonchev–Trinajstić information content (AvgIpc) is 3.25. The number of benzene rings is 2. The molecule has 2 heterocycles. The highest BCUT2D eigenvalue weighted by atomic mass is 32.1. The SMILES string of the molecule is CC(C)c1ccc([C@H](NC(=O)[C@H]2CC(=O)Nc3ccccc32)c2cccs2)cc1. The standard InChI is InChI=1S/C24H24N2O2S/c1-15(2)16-9-11-17(12-10-16)23(21-8-5-13-29-21)26-24(28)19-14-22(27)25-20-7-4-3-6-18(19)20/h3-13,15,19,23H,14H2,1-2H3,(H,25,27)(H,26,28)/t19-,23-/m0/s1. The molecule has 1 aliphatic heterocycles. The van der Waals surface area contributed by atoms with Gasteiger partial charge in [0.15, 0.2) is 0 Å². The van der Waals surface area contributed by atoms with Gasteiger partial charge in [0.05, 0.1) is 12.0 Å². The van der Waals surface area contributed by atoms with Crippen molar-refractivity contribution in [1.82, 2.24) is 5.32 Å². The van der Waals surface area contributed by atoms with E-state index in [-0.39, 0.29) is 24.3 Å². The lowest BCUT2D eigenvalue weighted by molar-refractivity contribution is -0.126. The molecule has 1 aliphatic rings. The fourth-order valence-corrected chi connectivity index (χ4v) is 4.54. The molecular formula is C24H24N2O2S. The number of thiophene rings is 1. The van der Waals surface area contributed by atoms with Crippen molar-refractivity contribution < 1.29 is 9.59 Å². The van der Waals surface area contributed by atoms with Crippen LogP contribution in [-0.4, -0.2) is 11.8 Å². The maximum Gasteiger partial charge on any atom is 0.228 e. The Kier molecular flexibility index (Phi) is 5.49. The molecule has 0 spiro atoms. The van der Waals surface area contributed by atoms with E-state index in [2.05, 4.69) is 48.7 Å². The maximum atomic E-state index is 13.3. The molecule has 2 aromatic carbocycles. The van der Waals surface area contributed by atoms with Crippen molar-refractivity contribution in [2.24, 2.45) is 0 Å². The molecule has 148 valence electrons. The van der Waals surface area contributed by atoms with E-state index >= 15 is 0 Å². The monoisotopic (exact) mass is 404 g/mol. The number of rotatable bonds is 5. The van der Waals surface area contributed by atoms with Gasteiger partial charge in [0.25, 0.3) is 0 Å². The summed E-state index contributed by atoms with van der Waals surface area (Å²) in [6.45, 7) is 4.33. The van der Waals surface area contributed by atoms with Crippen LogP contribution in [0, 0.1) is 0 Å². The molecule has 0 saturated carbocycles. The van der Waals surface area contributed by atoms with Gasteiger partial charge >= 0.3 is 0 Å². The number of anilines is 1. The Morgan fingerprint density at radius 1 is 1.03 bits per heavy atom. The second-order valence-corrected chi connectivity index (χ2v) is 8.65. The fraction of sp³-hybridized carbons (Fsp3) is 0.250. The van der Waals surface area contributed by atoms with E-state index in [4.69, 9.17) is 0 Å². The molecule has 1 aromatic heterocycles. The maximum absolute atomic E-state index is 13.3. The van der Waals surface area contributed by atoms with Crippen LogP contribution in [0.15, 0.2) is 66.0 Å². The Morgan fingerprint density at radius 3 is 2.45 bits per heavy atom. The summed E-state index contributed by atoms with van der Waals surface area (Å²) in [7, 11) is 0. The molecule has 0 bridgehead atoms. The van der Waals surface area contributed by atoms with Gasteiger partial charge in [-0.05, 0) is 40.1 Å². The summed E-state index contributed by atoms with van der Waals surface area (Å²) in [4.78, 5) is 26.5. The highest BCUT2D eigenvalue weighted by Gasteiger charge is 2.32. The summed E-state index contributed by atoms with van der Waals surface area (Å²) >= 11 is 1.62. The molecule has 5 heteroatoms. The number of hydrogen-bond acceptors (Lipinski definition) is 3. The Balaban J connectivity index is 1.63. The molecule has 0 saturated heterocycles. The summed E-state index contributed by atoms with van der Waals surface area (Å²) in [6.07, 6.45) is 0.159. The first kappa shape index (κ1) is 19.4. The van der Waals surface area contributed by atoms with Crippen LogP contribution in [-0.2, 0) is 9.59 Å². The second-order valence-electron chi connectivity index (χ2n) is 7.67. The molecule has 0 fully saturated rings. The van der Waals surface area contributed by atoms with Crippen molar-refractivity contribution in [2.75, 3.05) is 5.32 Å². The highest BCUT2D eigenvalue weighted by molar-refractivity contribution is 7.10. The van der Waals surface area contributed by atoms with Gasteiger partial charge in [0, 0.05) is 17.0 Å². The summed E-state index contributed by atoms with van der Waals surface area (Å²) < 4.78 is 0. The molecule has 4 rings (SSSR count). The smallest absolute Gasteiger partial charge is 0.228 e. The quantitative estimate of drug-likeness (QED) is 0.614. The Morgan fingerprint density at radius 2 is 1.76 bits per heavy atom. The van der Waals surface area contributed by atoms with E-state index < -0.39 is 5.92 Å². The molecule has 0 aliphatic carbocycles. The molecule has 2 N–H and O–H groups in total. The summed E-state index contributed by atoms with van der Waals surface area (Å²) in [6, 6.07) is 19.7. The van der Waals surface area contributed by atoms with Gasteiger partial charge in [0.2, 0.25) is 11.8 Å². The third-order valence-electron chi connectivity index (χ3n) is 5.37. The molecule has 4 nitrogen and oxygen atoms in total. The van der Waals surface area contributed by atoms with Crippen LogP contribution in [0.25, 0.3) is 0 Å².